The first-order chi connectivity index (χ1) is 15.6. The molecule has 1 fully saturated rings. The van der Waals surface area contributed by atoms with Crippen molar-refractivity contribution in [3.63, 3.8) is 0 Å². The molecule has 32 heavy (non-hydrogen) atoms. The lowest BCUT2D eigenvalue weighted by molar-refractivity contribution is 0.0922. The summed E-state index contributed by atoms with van der Waals surface area (Å²) in [6, 6.07) is 18.4. The van der Waals surface area contributed by atoms with E-state index in [0.717, 1.165) is 53.3 Å². The van der Waals surface area contributed by atoms with Gasteiger partial charge in [0, 0.05) is 42.5 Å². The molecule has 0 radical (unpaired) electrons. The monoisotopic (exact) mass is 428 g/mol. The van der Waals surface area contributed by atoms with Crippen molar-refractivity contribution in [3.8, 4) is 0 Å². The van der Waals surface area contributed by atoms with Crippen molar-refractivity contribution < 1.29 is 4.79 Å². The van der Waals surface area contributed by atoms with Crippen molar-refractivity contribution in [3.05, 3.63) is 60.3 Å². The zero-order chi connectivity index (χ0) is 22.1. The number of amides is 1. The van der Waals surface area contributed by atoms with Crippen LogP contribution in [0.25, 0.3) is 21.8 Å². The first kappa shape index (κ1) is 20.3. The van der Waals surface area contributed by atoms with Gasteiger partial charge in [0.1, 0.15) is 11.5 Å². The molecule has 2 aromatic heterocycles. The Bertz CT molecular complexity index is 1220. The second-order valence-corrected chi connectivity index (χ2v) is 8.72. The first-order valence-corrected chi connectivity index (χ1v) is 11.2. The van der Waals surface area contributed by atoms with Gasteiger partial charge in [-0.2, -0.15) is 4.98 Å². The SMILES string of the molecule is CN(C)c1nc(N[C@H]2CC[C@@H](NC(=O)c3cc4ccccc4[nH]3)CC2)nc2ccccc12. The quantitative estimate of drug-likeness (QED) is 0.441. The van der Waals surface area contributed by atoms with Crippen molar-refractivity contribution >= 4 is 39.5 Å². The molecule has 2 aromatic carbocycles. The molecule has 0 saturated heterocycles. The van der Waals surface area contributed by atoms with Gasteiger partial charge in [-0.1, -0.05) is 30.3 Å². The van der Waals surface area contributed by atoms with Crippen molar-refractivity contribution in [1.82, 2.24) is 20.3 Å². The highest BCUT2D eigenvalue weighted by molar-refractivity contribution is 5.98. The Morgan fingerprint density at radius 2 is 1.69 bits per heavy atom. The number of hydrogen-bond acceptors (Lipinski definition) is 5. The zero-order valence-electron chi connectivity index (χ0n) is 18.4. The highest BCUT2D eigenvalue weighted by Gasteiger charge is 2.24. The van der Waals surface area contributed by atoms with Crippen LogP contribution in [0, 0.1) is 0 Å². The average molecular weight is 429 g/mol. The Morgan fingerprint density at radius 1 is 0.969 bits per heavy atom. The minimum atomic E-state index is -0.0360. The third-order valence-corrected chi connectivity index (χ3v) is 6.18. The van der Waals surface area contributed by atoms with Crippen LogP contribution in [-0.4, -0.2) is 47.0 Å². The van der Waals surface area contributed by atoms with Gasteiger partial charge in [-0.3, -0.25) is 4.79 Å². The molecule has 0 unspecified atom stereocenters. The van der Waals surface area contributed by atoms with E-state index in [-0.39, 0.29) is 11.9 Å². The summed E-state index contributed by atoms with van der Waals surface area (Å²) in [4.78, 5) is 27.4. The second-order valence-electron chi connectivity index (χ2n) is 8.72. The maximum atomic E-state index is 12.7. The number of H-pyrrole nitrogens is 1. The zero-order valence-corrected chi connectivity index (χ0v) is 18.4. The van der Waals surface area contributed by atoms with Crippen LogP contribution in [0.2, 0.25) is 0 Å². The first-order valence-electron chi connectivity index (χ1n) is 11.2. The predicted octanol–water partition coefficient (Wildman–Crippen LogP) is 4.33. The van der Waals surface area contributed by atoms with Gasteiger partial charge in [-0.15, -0.1) is 0 Å². The fraction of sp³-hybridized carbons (Fsp3) is 0.320. The van der Waals surface area contributed by atoms with Crippen LogP contribution in [0.3, 0.4) is 0 Å². The van der Waals surface area contributed by atoms with Crippen LogP contribution in [0.4, 0.5) is 11.8 Å². The van der Waals surface area contributed by atoms with Gasteiger partial charge in [0.05, 0.1) is 5.52 Å². The molecule has 1 amide bonds. The van der Waals surface area contributed by atoms with E-state index in [2.05, 4.69) is 21.7 Å². The summed E-state index contributed by atoms with van der Waals surface area (Å²) in [7, 11) is 4.00. The number of nitrogens with zero attached hydrogens (tertiary/aromatic N) is 3. The van der Waals surface area contributed by atoms with E-state index in [4.69, 9.17) is 9.97 Å². The lowest BCUT2D eigenvalue weighted by Crippen LogP contribution is -2.40. The normalized spacial score (nSPS) is 18.6. The molecular formula is C25H28N6O. The molecule has 1 aliphatic carbocycles. The molecule has 0 atom stereocenters. The number of para-hydroxylation sites is 2. The van der Waals surface area contributed by atoms with E-state index < -0.39 is 0 Å². The molecule has 0 aliphatic heterocycles. The molecule has 2 heterocycles. The summed E-state index contributed by atoms with van der Waals surface area (Å²) >= 11 is 0. The number of carbonyl (C=O) groups excluding carboxylic acids is 1. The largest absolute Gasteiger partial charge is 0.362 e. The maximum Gasteiger partial charge on any atom is 0.267 e. The third-order valence-electron chi connectivity index (χ3n) is 6.18. The van der Waals surface area contributed by atoms with Crippen LogP contribution in [0.1, 0.15) is 36.2 Å². The van der Waals surface area contributed by atoms with Crippen LogP contribution in [0.5, 0.6) is 0 Å². The van der Waals surface area contributed by atoms with Gasteiger partial charge in [0.25, 0.3) is 5.91 Å². The number of aromatic nitrogens is 3. The number of rotatable bonds is 5. The number of aromatic amines is 1. The maximum absolute atomic E-state index is 12.7. The fourth-order valence-electron chi connectivity index (χ4n) is 4.49. The molecule has 0 bridgehead atoms. The van der Waals surface area contributed by atoms with Gasteiger partial charge in [0.2, 0.25) is 5.95 Å². The number of fused-ring (bicyclic) bond motifs is 2. The summed E-state index contributed by atoms with van der Waals surface area (Å²) in [6.45, 7) is 0. The van der Waals surface area contributed by atoms with Crippen molar-refractivity contribution in [2.24, 2.45) is 0 Å². The second kappa shape index (κ2) is 8.49. The fourth-order valence-corrected chi connectivity index (χ4v) is 4.49. The van der Waals surface area contributed by atoms with E-state index in [1.165, 1.54) is 0 Å². The van der Waals surface area contributed by atoms with Crippen molar-refractivity contribution in [2.75, 3.05) is 24.3 Å². The van der Waals surface area contributed by atoms with Gasteiger partial charge >= 0.3 is 0 Å². The Kier molecular flexibility index (Phi) is 5.39. The average Bonchev–Trinajstić information content (AvgIpc) is 3.24. The van der Waals surface area contributed by atoms with Gasteiger partial charge in [0.15, 0.2) is 0 Å². The van der Waals surface area contributed by atoms with Crippen molar-refractivity contribution in [2.45, 2.75) is 37.8 Å². The standard InChI is InChI=1S/C25H28N6O/c1-31(2)23-19-8-4-6-10-21(19)29-25(30-23)27-18-13-11-17(12-14-18)26-24(32)22-15-16-7-3-5-9-20(16)28-22/h3-10,15,17-18,28H,11-14H2,1-2H3,(H,26,32)(H,27,29,30)/t17-,18+. The van der Waals surface area contributed by atoms with Crippen molar-refractivity contribution in [1.29, 1.82) is 0 Å². The van der Waals surface area contributed by atoms with Gasteiger partial charge in [-0.25, -0.2) is 4.98 Å². The lowest BCUT2D eigenvalue weighted by atomic mass is 9.91. The van der Waals surface area contributed by atoms with E-state index >= 15 is 0 Å². The Balaban J connectivity index is 1.21. The molecule has 164 valence electrons. The Morgan fingerprint density at radius 3 is 2.47 bits per heavy atom. The van der Waals surface area contributed by atoms with Gasteiger partial charge in [-0.05, 0) is 49.9 Å². The molecule has 1 aliphatic rings. The summed E-state index contributed by atoms with van der Waals surface area (Å²) in [6.07, 6.45) is 3.78. The number of anilines is 2. The molecule has 1 saturated carbocycles. The molecule has 3 N–H and O–H groups in total. The smallest absolute Gasteiger partial charge is 0.267 e. The Labute approximate surface area is 187 Å². The third kappa shape index (κ3) is 4.10. The summed E-state index contributed by atoms with van der Waals surface area (Å²) in [5.74, 6) is 1.54. The number of hydrogen-bond donors (Lipinski definition) is 3. The molecule has 0 spiro atoms. The number of benzene rings is 2. The van der Waals surface area contributed by atoms with E-state index in [1.807, 2.05) is 67.5 Å². The van der Waals surface area contributed by atoms with E-state index in [9.17, 15) is 4.79 Å². The minimum Gasteiger partial charge on any atom is -0.362 e. The van der Waals surface area contributed by atoms with E-state index in [1.54, 1.807) is 0 Å². The highest BCUT2D eigenvalue weighted by Crippen LogP contribution is 2.26. The van der Waals surface area contributed by atoms with Gasteiger partial charge < -0.3 is 20.5 Å². The van der Waals surface area contributed by atoms with Crippen LogP contribution < -0.4 is 15.5 Å². The molecule has 4 aromatic rings. The minimum absolute atomic E-state index is 0.0360. The predicted molar refractivity (Wildman–Crippen MR) is 129 cm³/mol. The van der Waals surface area contributed by atoms with Crippen LogP contribution >= 0.6 is 0 Å². The molecule has 5 rings (SSSR count). The van der Waals surface area contributed by atoms with E-state index in [0.29, 0.717) is 17.7 Å². The molecule has 7 heteroatoms. The highest BCUT2D eigenvalue weighted by atomic mass is 16.1. The number of nitrogens with one attached hydrogen (secondary N) is 3. The summed E-state index contributed by atoms with van der Waals surface area (Å²) < 4.78 is 0. The lowest BCUT2D eigenvalue weighted by Gasteiger charge is -2.29. The van der Waals surface area contributed by atoms with Crippen LogP contribution in [0.15, 0.2) is 54.6 Å². The molecule has 7 nitrogen and oxygen atoms in total. The Hall–Kier alpha value is -3.61. The number of carbonyl (C=O) groups is 1. The summed E-state index contributed by atoms with van der Waals surface area (Å²) in [5.41, 5.74) is 2.54. The van der Waals surface area contributed by atoms with Crippen LogP contribution in [-0.2, 0) is 0 Å². The molecular weight excluding hydrogens is 400 g/mol. The topological polar surface area (TPSA) is 85.9 Å². The summed E-state index contributed by atoms with van der Waals surface area (Å²) in [5, 5.41) is 8.82.